The number of nitrogens with zero attached hydrogens (tertiary/aromatic N) is 2. The van der Waals surface area contributed by atoms with E-state index in [2.05, 4.69) is 48.8 Å². The summed E-state index contributed by atoms with van der Waals surface area (Å²) >= 11 is 4.35. The van der Waals surface area contributed by atoms with Crippen LogP contribution in [0.15, 0.2) is 70.0 Å². The van der Waals surface area contributed by atoms with Gasteiger partial charge in [-0.3, -0.25) is 24.6 Å². The molecule has 0 radical (unpaired) electrons. The zero-order valence-electron chi connectivity index (χ0n) is 23.0. The van der Waals surface area contributed by atoms with Gasteiger partial charge in [-0.05, 0) is 80.1 Å². The van der Waals surface area contributed by atoms with Gasteiger partial charge in [-0.25, -0.2) is 0 Å². The molecule has 0 atom stereocenters. The molecular weight excluding hydrogens is 612 g/mol. The maximum absolute atomic E-state index is 13.0. The Labute approximate surface area is 250 Å². The number of imide groups is 1. The van der Waals surface area contributed by atoms with Crippen molar-refractivity contribution in [3.05, 3.63) is 96.8 Å². The quantitative estimate of drug-likeness (QED) is 0.0979. The van der Waals surface area contributed by atoms with Crippen LogP contribution in [0.25, 0.3) is 6.08 Å². The maximum atomic E-state index is 13.0. The van der Waals surface area contributed by atoms with E-state index < -0.39 is 16.1 Å². The number of thioether (sulfide) groups is 1. The molecule has 41 heavy (non-hydrogen) atoms. The molecule has 1 heterocycles. The van der Waals surface area contributed by atoms with Gasteiger partial charge in [0.1, 0.15) is 19.0 Å². The fourth-order valence-corrected chi connectivity index (χ4v) is 5.42. The van der Waals surface area contributed by atoms with Crippen molar-refractivity contribution in [2.24, 2.45) is 0 Å². The Morgan fingerprint density at radius 2 is 1.66 bits per heavy atom. The summed E-state index contributed by atoms with van der Waals surface area (Å²) in [6.45, 7) is 7.10. The number of hydrogen-bond donors (Lipinski definition) is 0. The summed E-state index contributed by atoms with van der Waals surface area (Å²) < 4.78 is 17.9. The number of halogens is 1. The summed E-state index contributed by atoms with van der Waals surface area (Å²) in [4.78, 5) is 37.3. The summed E-state index contributed by atoms with van der Waals surface area (Å²) in [7, 11) is 1.52. The van der Waals surface area contributed by atoms with Gasteiger partial charge < -0.3 is 14.2 Å². The Kier molecular flexibility index (Phi) is 9.39. The average Bonchev–Trinajstić information content (AvgIpc) is 3.19. The van der Waals surface area contributed by atoms with Gasteiger partial charge >= 0.3 is 0 Å². The molecule has 0 N–H and O–H groups in total. The van der Waals surface area contributed by atoms with Crippen molar-refractivity contribution in [3.63, 3.8) is 0 Å². The maximum Gasteiger partial charge on any atom is 0.293 e. The van der Waals surface area contributed by atoms with Crippen LogP contribution in [0.3, 0.4) is 0 Å². The first-order valence-corrected chi connectivity index (χ1v) is 14.3. The number of benzene rings is 3. The van der Waals surface area contributed by atoms with Crippen LogP contribution in [0, 0.1) is 10.1 Å². The van der Waals surface area contributed by atoms with E-state index in [0.29, 0.717) is 33.7 Å². The SMILES string of the molecule is COc1cc(/C=C2\SC(=O)N(Cc3ccc([N+](=O)[O-])cc3)C2=O)cc(Br)c1OCCOc1ccc(C(C)(C)C)cc1. The summed E-state index contributed by atoms with van der Waals surface area (Å²) in [5.74, 6) is 1.25. The number of rotatable bonds is 10. The van der Waals surface area contributed by atoms with E-state index in [0.717, 1.165) is 22.4 Å². The number of methoxy groups -OCH3 is 1. The summed E-state index contributed by atoms with van der Waals surface area (Å²) in [5.41, 5.74) is 2.48. The number of nitro benzene ring substituents is 1. The first-order valence-electron chi connectivity index (χ1n) is 12.7. The lowest BCUT2D eigenvalue weighted by atomic mass is 9.87. The molecular formula is C30H29BrN2O7S. The number of amides is 2. The highest BCUT2D eigenvalue weighted by Crippen LogP contribution is 2.39. The lowest BCUT2D eigenvalue weighted by Crippen LogP contribution is -2.27. The largest absolute Gasteiger partial charge is 0.493 e. The molecule has 0 bridgehead atoms. The van der Waals surface area contributed by atoms with Crippen LogP contribution < -0.4 is 14.2 Å². The highest BCUT2D eigenvalue weighted by atomic mass is 79.9. The summed E-state index contributed by atoms with van der Waals surface area (Å²) in [6.07, 6.45) is 1.61. The second-order valence-corrected chi connectivity index (χ2v) is 12.0. The van der Waals surface area contributed by atoms with Gasteiger partial charge in [-0.1, -0.05) is 45.0 Å². The van der Waals surface area contributed by atoms with Crippen molar-refractivity contribution in [2.75, 3.05) is 20.3 Å². The van der Waals surface area contributed by atoms with E-state index in [1.807, 2.05) is 12.1 Å². The standard InChI is InChI=1S/C30H29BrN2O7S/c1-30(2,3)21-7-11-23(12-8-21)39-13-14-40-27-24(31)15-20(16-25(27)38-4)17-26-28(34)32(29(35)41-26)18-19-5-9-22(10-6-19)33(36)37/h5-12,15-17H,13-14,18H2,1-4H3/b26-17-. The van der Waals surface area contributed by atoms with Gasteiger partial charge in [0.25, 0.3) is 16.8 Å². The van der Waals surface area contributed by atoms with Crippen molar-refractivity contribution in [2.45, 2.75) is 32.7 Å². The summed E-state index contributed by atoms with van der Waals surface area (Å²) in [6, 6.07) is 17.2. The van der Waals surface area contributed by atoms with Gasteiger partial charge in [0.15, 0.2) is 11.5 Å². The normalized spacial score (nSPS) is 14.5. The van der Waals surface area contributed by atoms with Gasteiger partial charge in [-0.2, -0.15) is 0 Å². The van der Waals surface area contributed by atoms with Crippen LogP contribution in [-0.2, 0) is 16.8 Å². The average molecular weight is 642 g/mol. The first-order chi connectivity index (χ1) is 19.5. The second-order valence-electron chi connectivity index (χ2n) is 10.2. The monoisotopic (exact) mass is 640 g/mol. The first kappa shape index (κ1) is 30.1. The van der Waals surface area contributed by atoms with Crippen molar-refractivity contribution in [3.8, 4) is 17.2 Å². The topological polar surface area (TPSA) is 108 Å². The number of nitro groups is 1. The van der Waals surface area contributed by atoms with Gasteiger partial charge in [0.2, 0.25) is 0 Å². The molecule has 0 spiro atoms. The number of ether oxygens (including phenoxy) is 3. The molecule has 0 saturated carbocycles. The van der Waals surface area contributed by atoms with E-state index in [-0.39, 0.29) is 29.2 Å². The van der Waals surface area contributed by atoms with Crippen LogP contribution in [0.4, 0.5) is 10.5 Å². The predicted octanol–water partition coefficient (Wildman–Crippen LogP) is 7.36. The lowest BCUT2D eigenvalue weighted by molar-refractivity contribution is -0.384. The molecule has 1 saturated heterocycles. The fraction of sp³-hybridized carbons (Fsp3) is 0.267. The Bertz CT molecular complexity index is 1480. The van der Waals surface area contributed by atoms with E-state index >= 15 is 0 Å². The molecule has 4 rings (SSSR count). The van der Waals surface area contributed by atoms with Crippen LogP contribution in [0.1, 0.15) is 37.5 Å². The zero-order chi connectivity index (χ0) is 29.7. The van der Waals surface area contributed by atoms with Crippen LogP contribution in [0.5, 0.6) is 17.2 Å². The molecule has 1 aliphatic heterocycles. The Hall–Kier alpha value is -3.83. The molecule has 1 aliphatic rings. The molecule has 3 aromatic rings. The number of hydrogen-bond acceptors (Lipinski definition) is 8. The molecule has 2 amide bonds. The van der Waals surface area contributed by atoms with Gasteiger partial charge in [-0.15, -0.1) is 0 Å². The minimum absolute atomic E-state index is 0.0165. The van der Waals surface area contributed by atoms with E-state index in [1.165, 1.54) is 36.9 Å². The Balaban J connectivity index is 1.39. The number of carbonyl (C=O) groups excluding carboxylic acids is 2. The Morgan fingerprint density at radius 1 is 1.00 bits per heavy atom. The molecule has 0 aromatic heterocycles. The third-order valence-corrected chi connectivity index (χ3v) is 7.73. The van der Waals surface area contributed by atoms with E-state index in [4.69, 9.17) is 14.2 Å². The smallest absolute Gasteiger partial charge is 0.293 e. The van der Waals surface area contributed by atoms with Crippen LogP contribution in [-0.4, -0.2) is 41.3 Å². The van der Waals surface area contributed by atoms with Gasteiger partial charge in [0.05, 0.1) is 28.0 Å². The minimum atomic E-state index is -0.504. The molecule has 0 unspecified atom stereocenters. The van der Waals surface area contributed by atoms with E-state index in [1.54, 1.807) is 18.2 Å². The molecule has 0 aliphatic carbocycles. The molecule has 1 fully saturated rings. The highest BCUT2D eigenvalue weighted by molar-refractivity contribution is 9.10. The van der Waals surface area contributed by atoms with Crippen LogP contribution in [0.2, 0.25) is 0 Å². The lowest BCUT2D eigenvalue weighted by Gasteiger charge is -2.19. The molecule has 3 aromatic carbocycles. The van der Waals surface area contributed by atoms with Crippen molar-refractivity contribution in [1.82, 2.24) is 4.90 Å². The second kappa shape index (κ2) is 12.8. The number of carbonyl (C=O) groups is 2. The predicted molar refractivity (Wildman–Crippen MR) is 161 cm³/mol. The van der Waals surface area contributed by atoms with Crippen LogP contribution >= 0.6 is 27.7 Å². The molecule has 11 heteroatoms. The number of non-ortho nitro benzene ring substituents is 1. The molecule has 9 nitrogen and oxygen atoms in total. The highest BCUT2D eigenvalue weighted by Gasteiger charge is 2.35. The van der Waals surface area contributed by atoms with Crippen molar-refractivity contribution >= 4 is 50.6 Å². The van der Waals surface area contributed by atoms with Crippen molar-refractivity contribution in [1.29, 1.82) is 0 Å². The summed E-state index contributed by atoms with van der Waals surface area (Å²) in [5, 5.41) is 10.5. The van der Waals surface area contributed by atoms with Gasteiger partial charge in [0, 0.05) is 12.1 Å². The zero-order valence-corrected chi connectivity index (χ0v) is 25.4. The molecule has 214 valence electrons. The minimum Gasteiger partial charge on any atom is -0.493 e. The third kappa shape index (κ3) is 7.47. The van der Waals surface area contributed by atoms with E-state index in [9.17, 15) is 19.7 Å². The Morgan fingerprint density at radius 3 is 2.27 bits per heavy atom. The third-order valence-electron chi connectivity index (χ3n) is 6.23. The van der Waals surface area contributed by atoms with Crippen molar-refractivity contribution < 1.29 is 28.7 Å². The fourth-order valence-electron chi connectivity index (χ4n) is 4.01.